The third-order valence-electron chi connectivity index (χ3n) is 20.7. The van der Waals surface area contributed by atoms with Gasteiger partial charge in [0.25, 0.3) is 0 Å². The molecule has 0 N–H and O–H groups in total. The first-order valence-electron chi connectivity index (χ1n) is 35.6. The average molecular weight is 1360 g/mol. The zero-order chi connectivity index (χ0) is 69.8. The molecule has 0 radical (unpaired) electrons. The maximum atomic E-state index is 7.03. The minimum absolute atomic E-state index is 0.529. The molecule has 106 heavy (non-hydrogen) atoms. The van der Waals surface area contributed by atoms with E-state index in [0.717, 1.165) is 177 Å². The zero-order valence-electron chi connectivity index (χ0n) is 56.9. The van der Waals surface area contributed by atoms with Gasteiger partial charge in [0, 0.05) is 82.0 Å². The fourth-order valence-electron chi connectivity index (χ4n) is 15.7. The van der Waals surface area contributed by atoms with Gasteiger partial charge in [0.05, 0.1) is 27.8 Å². The number of rotatable bonds is 12. The second-order valence-corrected chi connectivity index (χ2v) is 26.9. The molecule has 0 amide bonds. The molecule has 0 aliphatic rings. The maximum Gasteiger partial charge on any atom is 0.238 e. The number of hydrogen-bond donors (Lipinski definition) is 0. The number of para-hydroxylation sites is 6. The van der Waals surface area contributed by atoms with E-state index in [1.807, 2.05) is 72.8 Å². The van der Waals surface area contributed by atoms with Crippen molar-refractivity contribution in [2.45, 2.75) is 0 Å². The van der Waals surface area contributed by atoms with Gasteiger partial charge in [-0.3, -0.25) is 4.57 Å². The Morgan fingerprint density at radius 1 is 0.198 bits per heavy atom. The van der Waals surface area contributed by atoms with E-state index in [1.54, 1.807) is 0 Å². The molecule has 0 aliphatic carbocycles. The van der Waals surface area contributed by atoms with Crippen molar-refractivity contribution >= 4 is 87.5 Å². The molecular weight excluding hydrogens is 1300 g/mol. The predicted octanol–water partition coefficient (Wildman–Crippen LogP) is 24.7. The first kappa shape index (κ1) is 60.3. The van der Waals surface area contributed by atoms with Crippen LogP contribution < -0.4 is 0 Å². The van der Waals surface area contributed by atoms with E-state index in [-0.39, 0.29) is 0 Å². The summed E-state index contributed by atoms with van der Waals surface area (Å²) in [5.41, 5.74) is 23.6. The van der Waals surface area contributed by atoms with Crippen LogP contribution in [0, 0.1) is 0 Å². The summed E-state index contributed by atoms with van der Waals surface area (Å²) in [6.45, 7) is 0. The third kappa shape index (κ3) is 10.1. The zero-order valence-corrected chi connectivity index (χ0v) is 56.9. The van der Waals surface area contributed by atoms with Crippen molar-refractivity contribution in [3.63, 3.8) is 0 Å². The maximum absolute atomic E-state index is 7.03. The molecule has 0 unspecified atom stereocenters. The highest BCUT2D eigenvalue weighted by atomic mass is 16.3. The Morgan fingerprint density at radius 3 is 1.22 bits per heavy atom. The Morgan fingerprint density at radius 2 is 0.575 bits per heavy atom. The first-order chi connectivity index (χ1) is 52.5. The summed E-state index contributed by atoms with van der Waals surface area (Å²) in [4.78, 5) is 31.5. The summed E-state index contributed by atoms with van der Waals surface area (Å²) >= 11 is 0. The lowest BCUT2D eigenvalue weighted by molar-refractivity contribution is 0.669. The number of hydrogen-bond acceptors (Lipinski definition) is 8. The molecular formula is C96H58N8O2. The summed E-state index contributed by atoms with van der Waals surface area (Å²) in [6.07, 6.45) is 0. The lowest BCUT2D eigenvalue weighted by atomic mass is 9.92. The van der Waals surface area contributed by atoms with Crippen LogP contribution in [0.4, 0.5) is 0 Å². The van der Waals surface area contributed by atoms with Crippen molar-refractivity contribution in [1.29, 1.82) is 0 Å². The fraction of sp³-hybridized carbons (Fsp3) is 0. The van der Waals surface area contributed by atoms with E-state index in [9.17, 15) is 0 Å². The van der Waals surface area contributed by atoms with Crippen LogP contribution in [-0.2, 0) is 0 Å². The number of fused-ring (bicyclic) bond motifs is 12. The quantitative estimate of drug-likeness (QED) is 0.119. The van der Waals surface area contributed by atoms with Crippen LogP contribution in [0.25, 0.3) is 212 Å². The minimum atomic E-state index is 0.529. The molecule has 15 aromatic carbocycles. The molecule has 21 rings (SSSR count). The van der Waals surface area contributed by atoms with Gasteiger partial charge in [-0.15, -0.1) is 0 Å². The van der Waals surface area contributed by atoms with E-state index < -0.39 is 0 Å². The highest BCUT2D eigenvalue weighted by Gasteiger charge is 2.25. The van der Waals surface area contributed by atoms with Gasteiger partial charge in [0.15, 0.2) is 29.1 Å². The number of furan rings is 2. The van der Waals surface area contributed by atoms with Gasteiger partial charge in [-0.25, -0.2) is 19.9 Å². The first-order valence-corrected chi connectivity index (χ1v) is 35.6. The highest BCUT2D eigenvalue weighted by molar-refractivity contribution is 6.18. The molecule has 0 atom stereocenters. The smallest absolute Gasteiger partial charge is 0.238 e. The summed E-state index contributed by atoms with van der Waals surface area (Å²) in [6, 6.07) is 123. The van der Waals surface area contributed by atoms with Crippen molar-refractivity contribution < 1.29 is 8.83 Å². The van der Waals surface area contributed by atoms with Crippen molar-refractivity contribution in [2.75, 3.05) is 0 Å². The van der Waals surface area contributed by atoms with Crippen molar-refractivity contribution in [1.82, 2.24) is 39.0 Å². The van der Waals surface area contributed by atoms with Crippen LogP contribution in [0.5, 0.6) is 0 Å². The monoisotopic (exact) mass is 1350 g/mol. The van der Waals surface area contributed by atoms with Crippen LogP contribution in [0.2, 0.25) is 0 Å². The summed E-state index contributed by atoms with van der Waals surface area (Å²) in [5.74, 6) is 3.45. The number of benzene rings is 15. The molecule has 0 aliphatic heterocycles. The van der Waals surface area contributed by atoms with E-state index >= 15 is 0 Å². The largest absolute Gasteiger partial charge is 0.455 e. The Labute approximate surface area is 607 Å². The second-order valence-electron chi connectivity index (χ2n) is 26.9. The van der Waals surface area contributed by atoms with Crippen LogP contribution in [-0.4, -0.2) is 39.0 Å². The molecule has 21 aromatic rings. The van der Waals surface area contributed by atoms with E-state index in [2.05, 4.69) is 288 Å². The summed E-state index contributed by atoms with van der Waals surface area (Å²) in [7, 11) is 0. The summed E-state index contributed by atoms with van der Waals surface area (Å²) in [5, 5.41) is 8.70. The number of aromatic nitrogens is 8. The van der Waals surface area contributed by atoms with Crippen LogP contribution >= 0.6 is 0 Å². The van der Waals surface area contributed by atoms with Gasteiger partial charge in [0.1, 0.15) is 22.3 Å². The van der Waals surface area contributed by atoms with Crippen molar-refractivity contribution in [2.24, 2.45) is 0 Å². The van der Waals surface area contributed by atoms with E-state index in [0.29, 0.717) is 35.1 Å². The molecule has 0 saturated carbocycles. The van der Waals surface area contributed by atoms with E-state index in [4.69, 9.17) is 38.7 Å². The molecule has 0 bridgehead atoms. The van der Waals surface area contributed by atoms with Crippen molar-refractivity contribution in [3.8, 4) is 124 Å². The molecule has 10 nitrogen and oxygen atoms in total. The van der Waals surface area contributed by atoms with Crippen LogP contribution in [0.3, 0.4) is 0 Å². The van der Waals surface area contributed by atoms with Gasteiger partial charge < -0.3 is 13.4 Å². The van der Waals surface area contributed by atoms with E-state index in [1.165, 1.54) is 0 Å². The molecule has 6 aromatic heterocycles. The summed E-state index contributed by atoms with van der Waals surface area (Å²) < 4.78 is 18.1. The van der Waals surface area contributed by atoms with Crippen LogP contribution in [0.1, 0.15) is 0 Å². The van der Waals surface area contributed by atoms with Gasteiger partial charge >= 0.3 is 0 Å². The lowest BCUT2D eigenvalue weighted by Gasteiger charge is -2.15. The SMILES string of the molecule is c1ccc(-c2ccc(-c3nc(-c4ccccc4)nc(-c4ccccc4-n4c5ccccc5c5cc(-c6ccc(-c7cccc(-c8ccc(-c9nc(-c%10ccccc%10)nc(-n%10c%11ccccc%11c%11cc(-c%12cccc%13c%12oc%12ccccc%12%13)ccc%11%10)n9)cc8)c7)c7c6oc6ccccc67)ccc54)n3)cc2)cc1. The standard InChI is InChI=1S/C96H58N8O2/c1-4-22-59(23-5-1)60-42-46-64(47-43-60)92-97-91(62-24-6-2-7-25-62)99-95(100-92)77-33-12-17-39-83(77)103-81-37-15-10-30-73(81)79-58-69(50-54-84(79)103)72-53-52-70(88-78-34-14-19-41-87(78)106-90(72)88)67-29-20-28-66(56-67)61-44-48-65(49-45-61)94-98-93(63-26-8-3-9-27-63)101-96(102-94)104-82-38-16-11-31-74(82)80-57-68(51-55-85(80)104)71-35-21-36-76-75-32-13-18-40-86(75)105-89(71)76/h1-58H. The lowest BCUT2D eigenvalue weighted by Crippen LogP contribution is -2.06. The van der Waals surface area contributed by atoms with Gasteiger partial charge in [0.2, 0.25) is 5.95 Å². The topological polar surface area (TPSA) is 113 Å². The Balaban J connectivity index is 0.631. The molecule has 10 heteroatoms. The Bertz CT molecular complexity index is 7060. The second kappa shape index (κ2) is 24.7. The predicted molar refractivity (Wildman–Crippen MR) is 431 cm³/mol. The highest BCUT2D eigenvalue weighted by Crippen LogP contribution is 2.46. The number of nitrogens with zero attached hydrogens (tertiary/aromatic N) is 8. The van der Waals surface area contributed by atoms with Gasteiger partial charge in [-0.1, -0.05) is 279 Å². The Kier molecular flexibility index (Phi) is 14.0. The third-order valence-corrected chi connectivity index (χ3v) is 20.7. The van der Waals surface area contributed by atoms with Crippen molar-refractivity contribution in [3.05, 3.63) is 352 Å². The molecule has 0 saturated heterocycles. The minimum Gasteiger partial charge on any atom is -0.455 e. The fourth-order valence-corrected chi connectivity index (χ4v) is 15.7. The molecule has 0 fully saturated rings. The molecule has 494 valence electrons. The molecule has 0 spiro atoms. The van der Waals surface area contributed by atoms with Gasteiger partial charge in [-0.2, -0.15) is 9.97 Å². The Hall–Kier alpha value is -14.5. The average Bonchev–Trinajstić information content (AvgIpc) is 1.56. The van der Waals surface area contributed by atoms with Gasteiger partial charge in [-0.05, 0) is 117 Å². The van der Waals surface area contributed by atoms with Crippen LogP contribution in [0.15, 0.2) is 361 Å². The molecule has 6 heterocycles. The normalized spacial score (nSPS) is 11.8.